The molecule has 0 aliphatic carbocycles. The van der Waals surface area contributed by atoms with Gasteiger partial charge in [0.15, 0.2) is 0 Å². The average molecular weight is 271 g/mol. The van der Waals surface area contributed by atoms with Gasteiger partial charge in [-0.2, -0.15) is 4.31 Å². The Labute approximate surface area is 103 Å². The minimum Gasteiger partial charge on any atom is -0.272 e. The number of nitrogens with zero attached hydrogens (tertiary/aromatic N) is 1. The minimum absolute atomic E-state index is 0.104. The van der Waals surface area contributed by atoms with E-state index >= 15 is 0 Å². The van der Waals surface area contributed by atoms with E-state index in [-0.39, 0.29) is 11.5 Å². The number of hydrogen-bond acceptors (Lipinski definition) is 5. The van der Waals surface area contributed by atoms with Crippen molar-refractivity contribution in [2.24, 2.45) is 0 Å². The number of benzene rings is 1. The second-order valence-corrected chi connectivity index (χ2v) is 6.20. The molecule has 90 valence electrons. The van der Waals surface area contributed by atoms with Gasteiger partial charge < -0.3 is 0 Å². The third kappa shape index (κ3) is 2.50. The number of sulfonamides is 1. The van der Waals surface area contributed by atoms with Gasteiger partial charge in [-0.15, -0.1) is 0 Å². The van der Waals surface area contributed by atoms with Gasteiger partial charge in [0.05, 0.1) is 11.5 Å². The molecule has 1 aliphatic heterocycles. The molecule has 0 aromatic heterocycles. The minimum atomic E-state index is -3.90. The van der Waals surface area contributed by atoms with E-state index in [1.807, 2.05) is 0 Å². The average Bonchev–Trinajstić information content (AvgIpc) is 2.59. The summed E-state index contributed by atoms with van der Waals surface area (Å²) in [6.07, 6.45) is 0. The Balaban J connectivity index is 2.26. The van der Waals surface area contributed by atoms with E-state index in [4.69, 9.17) is 0 Å². The fraction of sp³-hybridized carbons (Fsp3) is 0.200. The zero-order valence-corrected chi connectivity index (χ0v) is 10.3. The van der Waals surface area contributed by atoms with Crippen molar-refractivity contribution in [2.45, 2.75) is 5.75 Å². The second-order valence-electron chi connectivity index (χ2n) is 3.45. The van der Waals surface area contributed by atoms with Gasteiger partial charge in [0, 0.05) is 0 Å². The predicted octanol–water partition coefficient (Wildman–Crippen LogP) is 1.21. The molecule has 1 aromatic rings. The summed E-state index contributed by atoms with van der Waals surface area (Å²) in [5, 5.41) is -0.717. The molecule has 1 aromatic carbocycles. The lowest BCUT2D eigenvalue weighted by Crippen LogP contribution is -2.36. The Hall–Kier alpha value is -1.34. The quantitative estimate of drug-likeness (QED) is 0.826. The third-order valence-electron chi connectivity index (χ3n) is 2.18. The molecule has 1 fully saturated rings. The van der Waals surface area contributed by atoms with Crippen molar-refractivity contribution in [1.29, 1.82) is 0 Å². The summed E-state index contributed by atoms with van der Waals surface area (Å²) < 4.78 is 24.2. The maximum atomic E-state index is 11.9. The van der Waals surface area contributed by atoms with Crippen LogP contribution in [0, 0.1) is 0 Å². The summed E-state index contributed by atoms with van der Waals surface area (Å²) in [6.45, 7) is 0. The maximum absolute atomic E-state index is 11.9. The van der Waals surface area contributed by atoms with E-state index < -0.39 is 21.2 Å². The summed E-state index contributed by atoms with van der Waals surface area (Å²) in [7, 11) is -3.90. The molecular weight excluding hydrogens is 262 g/mol. The van der Waals surface area contributed by atoms with Crippen molar-refractivity contribution in [1.82, 2.24) is 4.31 Å². The van der Waals surface area contributed by atoms with Crippen molar-refractivity contribution in [3.05, 3.63) is 35.9 Å². The Morgan fingerprint density at radius 3 is 2.35 bits per heavy atom. The van der Waals surface area contributed by atoms with Crippen LogP contribution < -0.4 is 0 Å². The molecule has 2 rings (SSSR count). The zero-order valence-electron chi connectivity index (χ0n) is 8.70. The van der Waals surface area contributed by atoms with Crippen LogP contribution in [-0.2, 0) is 20.6 Å². The van der Waals surface area contributed by atoms with Crippen LogP contribution in [0.1, 0.15) is 5.56 Å². The SMILES string of the molecule is O=C1CSC(=O)N1S(=O)(=O)Cc1ccccc1. The fourth-order valence-corrected chi connectivity index (χ4v) is 3.98. The lowest BCUT2D eigenvalue weighted by Gasteiger charge is -2.13. The van der Waals surface area contributed by atoms with Crippen LogP contribution >= 0.6 is 11.8 Å². The number of rotatable bonds is 3. The molecule has 1 saturated heterocycles. The Morgan fingerprint density at radius 2 is 1.82 bits per heavy atom. The predicted molar refractivity (Wildman–Crippen MR) is 63.8 cm³/mol. The molecule has 0 spiro atoms. The van der Waals surface area contributed by atoms with E-state index in [1.165, 1.54) is 0 Å². The zero-order chi connectivity index (χ0) is 12.5. The summed E-state index contributed by atoms with van der Waals surface area (Å²) in [5.41, 5.74) is 0.546. The molecule has 0 radical (unpaired) electrons. The first-order chi connectivity index (χ1) is 8.00. The highest BCUT2D eigenvalue weighted by atomic mass is 32.2. The number of hydrogen-bond donors (Lipinski definition) is 0. The van der Waals surface area contributed by atoms with Gasteiger partial charge in [0.2, 0.25) is 10.0 Å². The van der Waals surface area contributed by atoms with Crippen molar-refractivity contribution in [3.63, 3.8) is 0 Å². The maximum Gasteiger partial charge on any atom is 0.302 e. The molecule has 0 saturated carbocycles. The normalized spacial score (nSPS) is 16.6. The first-order valence-electron chi connectivity index (χ1n) is 4.77. The summed E-state index contributed by atoms with van der Waals surface area (Å²) in [5.74, 6) is -1.12. The molecule has 0 N–H and O–H groups in total. The van der Waals surface area contributed by atoms with Crippen molar-refractivity contribution >= 4 is 32.9 Å². The van der Waals surface area contributed by atoms with E-state index in [1.54, 1.807) is 30.3 Å². The summed E-state index contributed by atoms with van der Waals surface area (Å²) in [4.78, 5) is 22.6. The Morgan fingerprint density at radius 1 is 1.18 bits per heavy atom. The van der Waals surface area contributed by atoms with E-state index in [2.05, 4.69) is 0 Å². The highest BCUT2D eigenvalue weighted by Gasteiger charge is 2.39. The lowest BCUT2D eigenvalue weighted by molar-refractivity contribution is -0.121. The first-order valence-corrected chi connectivity index (χ1v) is 7.37. The van der Waals surface area contributed by atoms with Crippen LogP contribution in [-0.4, -0.2) is 29.6 Å². The van der Waals surface area contributed by atoms with Gasteiger partial charge in [0.25, 0.3) is 5.91 Å². The highest BCUT2D eigenvalue weighted by molar-refractivity contribution is 8.16. The van der Waals surface area contributed by atoms with Gasteiger partial charge in [-0.1, -0.05) is 42.1 Å². The number of carbonyl (C=O) groups excluding carboxylic acids is 2. The van der Waals surface area contributed by atoms with Crippen molar-refractivity contribution < 1.29 is 18.0 Å². The standard InChI is InChI=1S/C10H9NO4S2/c12-9-6-16-10(13)11(9)17(14,15)7-8-4-2-1-3-5-8/h1-5H,6-7H2. The molecule has 1 aliphatic rings. The van der Waals surface area contributed by atoms with Gasteiger partial charge in [-0.05, 0) is 5.56 Å². The fourth-order valence-electron chi connectivity index (χ4n) is 1.46. The van der Waals surface area contributed by atoms with Gasteiger partial charge in [0.1, 0.15) is 0 Å². The molecule has 7 heteroatoms. The summed E-state index contributed by atoms with van der Waals surface area (Å²) in [6, 6.07) is 8.43. The highest BCUT2D eigenvalue weighted by Crippen LogP contribution is 2.24. The van der Waals surface area contributed by atoms with E-state index in [0.29, 0.717) is 21.6 Å². The third-order valence-corrected chi connectivity index (χ3v) is 4.74. The molecule has 0 atom stereocenters. The van der Waals surface area contributed by atoms with Crippen molar-refractivity contribution in [2.75, 3.05) is 5.75 Å². The van der Waals surface area contributed by atoms with Crippen LogP contribution in [0.3, 0.4) is 0 Å². The number of carbonyl (C=O) groups is 2. The molecule has 5 nitrogen and oxygen atoms in total. The van der Waals surface area contributed by atoms with Gasteiger partial charge >= 0.3 is 5.24 Å². The molecule has 0 unspecified atom stereocenters. The van der Waals surface area contributed by atoms with Crippen LogP contribution in [0.5, 0.6) is 0 Å². The summed E-state index contributed by atoms with van der Waals surface area (Å²) >= 11 is 0.709. The number of amides is 2. The lowest BCUT2D eigenvalue weighted by atomic mass is 10.2. The molecule has 1 heterocycles. The molecule has 2 amide bonds. The van der Waals surface area contributed by atoms with Gasteiger partial charge in [-0.25, -0.2) is 8.42 Å². The largest absolute Gasteiger partial charge is 0.302 e. The van der Waals surface area contributed by atoms with E-state index in [9.17, 15) is 18.0 Å². The first kappa shape index (κ1) is 12.1. The van der Waals surface area contributed by atoms with Crippen LogP contribution in [0.15, 0.2) is 30.3 Å². The number of thioether (sulfide) groups is 1. The monoisotopic (exact) mass is 271 g/mol. The van der Waals surface area contributed by atoms with Crippen LogP contribution in [0.4, 0.5) is 4.79 Å². The topological polar surface area (TPSA) is 71.5 Å². The molecular formula is C10H9NO4S2. The number of imide groups is 1. The molecule has 17 heavy (non-hydrogen) atoms. The van der Waals surface area contributed by atoms with Crippen LogP contribution in [0.2, 0.25) is 0 Å². The van der Waals surface area contributed by atoms with E-state index in [0.717, 1.165) is 0 Å². The molecule has 0 bridgehead atoms. The smallest absolute Gasteiger partial charge is 0.272 e. The Bertz CT molecular complexity index is 537. The van der Waals surface area contributed by atoms with Crippen molar-refractivity contribution in [3.8, 4) is 0 Å². The second kappa shape index (κ2) is 4.50. The Kier molecular flexibility index (Phi) is 3.21. The van der Waals surface area contributed by atoms with Crippen LogP contribution in [0.25, 0.3) is 0 Å². The van der Waals surface area contributed by atoms with Gasteiger partial charge in [-0.3, -0.25) is 9.59 Å².